The number of carbonyl (C=O) groups is 2. The SMILES string of the molecule is COc1c(NC(=O)c2ccc(C)c(-n3cc(C(=O)NCC4CC4)nn3)c2)cc(C(C)(C)C)cc1NS(C)(=O)=O. The summed E-state index contributed by atoms with van der Waals surface area (Å²) in [4.78, 5) is 25.8. The van der Waals surface area contributed by atoms with E-state index in [9.17, 15) is 18.0 Å². The molecule has 0 aliphatic heterocycles. The average Bonchev–Trinajstić information content (AvgIpc) is 3.54. The number of amides is 2. The van der Waals surface area contributed by atoms with Crippen LogP contribution < -0.4 is 20.1 Å². The number of ether oxygens (including phenoxy) is 1. The minimum Gasteiger partial charge on any atom is -0.492 e. The zero-order valence-electron chi connectivity index (χ0n) is 23.0. The molecule has 0 unspecified atom stereocenters. The Balaban J connectivity index is 1.63. The van der Waals surface area contributed by atoms with Crippen LogP contribution in [0.1, 0.15) is 65.6 Å². The molecule has 1 aliphatic carbocycles. The number of nitrogens with zero attached hydrogens (tertiary/aromatic N) is 3. The van der Waals surface area contributed by atoms with Crippen LogP contribution in [0.2, 0.25) is 0 Å². The minimum atomic E-state index is -3.61. The summed E-state index contributed by atoms with van der Waals surface area (Å²) >= 11 is 0. The van der Waals surface area contributed by atoms with E-state index in [1.807, 2.05) is 27.7 Å². The number of sulfonamides is 1. The number of benzene rings is 2. The number of nitrogens with one attached hydrogen (secondary N) is 3. The van der Waals surface area contributed by atoms with E-state index in [1.165, 1.54) is 18.0 Å². The van der Waals surface area contributed by atoms with Crippen LogP contribution in [-0.4, -0.2) is 55.1 Å². The van der Waals surface area contributed by atoms with Crippen LogP contribution in [-0.2, 0) is 15.4 Å². The van der Waals surface area contributed by atoms with Crippen molar-refractivity contribution in [3.05, 3.63) is 58.9 Å². The predicted molar refractivity (Wildman–Crippen MR) is 149 cm³/mol. The molecule has 1 saturated carbocycles. The smallest absolute Gasteiger partial charge is 0.273 e. The molecule has 0 bridgehead atoms. The van der Waals surface area contributed by atoms with Crippen molar-refractivity contribution in [1.29, 1.82) is 0 Å². The van der Waals surface area contributed by atoms with Crippen LogP contribution in [0, 0.1) is 12.8 Å². The minimum absolute atomic E-state index is 0.187. The van der Waals surface area contributed by atoms with E-state index in [2.05, 4.69) is 25.7 Å². The first-order valence-electron chi connectivity index (χ1n) is 12.6. The molecule has 39 heavy (non-hydrogen) atoms. The second-order valence-corrected chi connectivity index (χ2v) is 12.6. The lowest BCUT2D eigenvalue weighted by molar-refractivity contribution is 0.0946. The van der Waals surface area contributed by atoms with E-state index in [-0.39, 0.29) is 28.5 Å². The fourth-order valence-electron chi connectivity index (χ4n) is 3.98. The Morgan fingerprint density at radius 1 is 1.10 bits per heavy atom. The van der Waals surface area contributed by atoms with Crippen molar-refractivity contribution in [1.82, 2.24) is 20.3 Å². The van der Waals surface area contributed by atoms with E-state index in [4.69, 9.17) is 4.74 Å². The van der Waals surface area contributed by atoms with Gasteiger partial charge in [-0.3, -0.25) is 14.3 Å². The molecule has 1 fully saturated rings. The van der Waals surface area contributed by atoms with Crippen molar-refractivity contribution in [3.63, 3.8) is 0 Å². The van der Waals surface area contributed by atoms with Crippen molar-refractivity contribution in [2.75, 3.05) is 29.9 Å². The number of carbonyl (C=O) groups excluding carboxylic acids is 2. The molecule has 1 heterocycles. The van der Waals surface area contributed by atoms with Gasteiger partial charge in [-0.1, -0.05) is 32.1 Å². The Morgan fingerprint density at radius 3 is 2.41 bits per heavy atom. The third-order valence-electron chi connectivity index (χ3n) is 6.40. The number of methoxy groups -OCH3 is 1. The molecule has 12 heteroatoms. The lowest BCUT2D eigenvalue weighted by atomic mass is 9.86. The highest BCUT2D eigenvalue weighted by atomic mass is 32.2. The largest absolute Gasteiger partial charge is 0.492 e. The van der Waals surface area contributed by atoms with Crippen LogP contribution in [0.5, 0.6) is 5.75 Å². The van der Waals surface area contributed by atoms with Gasteiger partial charge in [0.2, 0.25) is 10.0 Å². The molecule has 2 aromatic carbocycles. The number of aryl methyl sites for hydroxylation is 1. The average molecular weight is 555 g/mol. The molecular formula is C27H34N6O5S. The maximum atomic E-state index is 13.4. The summed E-state index contributed by atoms with van der Waals surface area (Å²) in [6.07, 6.45) is 4.84. The Labute approximate surface area is 228 Å². The molecule has 2 amide bonds. The first-order chi connectivity index (χ1) is 18.2. The molecule has 1 aromatic heterocycles. The molecule has 4 rings (SSSR count). The number of anilines is 2. The van der Waals surface area contributed by atoms with E-state index >= 15 is 0 Å². The third-order valence-corrected chi connectivity index (χ3v) is 6.99. The molecule has 11 nitrogen and oxygen atoms in total. The zero-order chi connectivity index (χ0) is 28.5. The molecule has 208 valence electrons. The van der Waals surface area contributed by atoms with Gasteiger partial charge >= 0.3 is 0 Å². The summed E-state index contributed by atoms with van der Waals surface area (Å²) in [7, 11) is -2.20. The van der Waals surface area contributed by atoms with E-state index in [0.29, 0.717) is 29.4 Å². The predicted octanol–water partition coefficient (Wildman–Crippen LogP) is 3.65. The van der Waals surface area contributed by atoms with Gasteiger partial charge in [0.25, 0.3) is 11.8 Å². The normalized spacial score (nSPS) is 13.6. The van der Waals surface area contributed by atoms with Crippen molar-refractivity contribution >= 4 is 33.2 Å². The number of aromatic nitrogens is 3. The summed E-state index contributed by atoms with van der Waals surface area (Å²) in [5.74, 6) is 0.00656. The van der Waals surface area contributed by atoms with Gasteiger partial charge < -0.3 is 15.4 Å². The molecule has 0 radical (unpaired) electrons. The van der Waals surface area contributed by atoms with Crippen LogP contribution in [0.15, 0.2) is 36.5 Å². The van der Waals surface area contributed by atoms with Crippen molar-refractivity contribution in [2.45, 2.75) is 46.0 Å². The summed E-state index contributed by atoms with van der Waals surface area (Å²) in [6.45, 7) is 8.44. The maximum Gasteiger partial charge on any atom is 0.273 e. The quantitative estimate of drug-likeness (QED) is 0.366. The van der Waals surface area contributed by atoms with Crippen molar-refractivity contribution in [3.8, 4) is 11.4 Å². The summed E-state index contributed by atoms with van der Waals surface area (Å²) < 4.78 is 33.5. The van der Waals surface area contributed by atoms with Gasteiger partial charge in [0.05, 0.1) is 36.6 Å². The van der Waals surface area contributed by atoms with E-state index in [0.717, 1.165) is 30.2 Å². The van der Waals surface area contributed by atoms with Gasteiger partial charge in [0, 0.05) is 12.1 Å². The lowest BCUT2D eigenvalue weighted by Gasteiger charge is -2.24. The first kappa shape index (κ1) is 28.1. The standard InChI is InChI=1S/C27H34N6O5S/c1-16-7-10-18(11-23(16)33-15-22(30-32-33)26(35)28-14-17-8-9-17)25(34)29-20-12-19(27(2,3)4)13-21(24(20)38-5)31-39(6,36)37/h7,10-13,15,17,31H,8-9,14H2,1-6H3,(H,28,35)(H,29,34). The second-order valence-electron chi connectivity index (χ2n) is 10.9. The molecule has 3 aromatic rings. The summed E-state index contributed by atoms with van der Waals surface area (Å²) in [5.41, 5.74) is 2.93. The van der Waals surface area contributed by atoms with Crippen LogP contribution in [0.3, 0.4) is 0 Å². The molecule has 0 spiro atoms. The van der Waals surface area contributed by atoms with Gasteiger partial charge in [-0.05, 0) is 66.5 Å². The first-order valence-corrected chi connectivity index (χ1v) is 14.5. The molecule has 0 atom stereocenters. The lowest BCUT2D eigenvalue weighted by Crippen LogP contribution is -2.25. The van der Waals surface area contributed by atoms with Crippen LogP contribution >= 0.6 is 0 Å². The highest BCUT2D eigenvalue weighted by Crippen LogP contribution is 2.39. The topological polar surface area (TPSA) is 144 Å². The van der Waals surface area contributed by atoms with Crippen molar-refractivity contribution < 1.29 is 22.7 Å². The Bertz CT molecular complexity index is 1520. The van der Waals surface area contributed by atoms with Gasteiger partial charge in [-0.15, -0.1) is 5.10 Å². The van der Waals surface area contributed by atoms with Gasteiger partial charge in [-0.25, -0.2) is 13.1 Å². The molecular weight excluding hydrogens is 520 g/mol. The summed E-state index contributed by atoms with van der Waals surface area (Å²) in [6, 6.07) is 8.56. The van der Waals surface area contributed by atoms with Gasteiger partial charge in [0.1, 0.15) is 0 Å². The fraction of sp³-hybridized carbons (Fsp3) is 0.407. The van der Waals surface area contributed by atoms with Crippen molar-refractivity contribution in [2.24, 2.45) is 5.92 Å². The number of hydrogen-bond acceptors (Lipinski definition) is 7. The highest BCUT2D eigenvalue weighted by molar-refractivity contribution is 7.92. The Morgan fingerprint density at radius 2 is 1.79 bits per heavy atom. The zero-order valence-corrected chi connectivity index (χ0v) is 23.8. The Kier molecular flexibility index (Phi) is 7.69. The second kappa shape index (κ2) is 10.7. The molecule has 1 aliphatic rings. The number of hydrogen-bond donors (Lipinski definition) is 3. The monoisotopic (exact) mass is 554 g/mol. The van der Waals surface area contributed by atoms with Gasteiger partial charge in [0.15, 0.2) is 11.4 Å². The van der Waals surface area contributed by atoms with Crippen LogP contribution in [0.25, 0.3) is 5.69 Å². The third kappa shape index (κ3) is 6.94. The number of rotatable bonds is 9. The highest BCUT2D eigenvalue weighted by Gasteiger charge is 2.24. The molecule has 3 N–H and O–H groups in total. The van der Waals surface area contributed by atoms with E-state index < -0.39 is 15.9 Å². The van der Waals surface area contributed by atoms with Crippen LogP contribution in [0.4, 0.5) is 11.4 Å². The van der Waals surface area contributed by atoms with E-state index in [1.54, 1.807) is 30.3 Å². The van der Waals surface area contributed by atoms with Gasteiger partial charge in [-0.2, -0.15) is 0 Å². The summed E-state index contributed by atoms with van der Waals surface area (Å²) in [5, 5.41) is 13.8. The Hall–Kier alpha value is -3.93. The fourth-order valence-corrected chi connectivity index (χ4v) is 4.53. The maximum absolute atomic E-state index is 13.4. The molecule has 0 saturated heterocycles.